The van der Waals surface area contributed by atoms with Crippen LogP contribution in [0.5, 0.6) is 0 Å². The van der Waals surface area contributed by atoms with E-state index >= 15 is 0 Å². The number of anilines is 1. The number of rotatable bonds is 3. The van der Waals surface area contributed by atoms with Crippen molar-refractivity contribution in [3.63, 3.8) is 0 Å². The lowest BCUT2D eigenvalue weighted by molar-refractivity contribution is 0.101. The molecule has 1 atom stereocenters. The van der Waals surface area contributed by atoms with E-state index in [1.165, 1.54) is 6.07 Å². The molecular formula is C15H13F2NO2. The first-order valence-corrected chi connectivity index (χ1v) is 6.02. The van der Waals surface area contributed by atoms with Crippen molar-refractivity contribution in [3.8, 4) is 0 Å². The number of halogens is 2. The monoisotopic (exact) mass is 277 g/mol. The van der Waals surface area contributed by atoms with Gasteiger partial charge in [0.05, 0.1) is 6.10 Å². The number of hydrogen-bond donors (Lipinski definition) is 2. The number of carbonyl (C=O) groups is 1. The average molecular weight is 277 g/mol. The molecule has 1 unspecified atom stereocenters. The minimum Gasteiger partial charge on any atom is -0.389 e. The van der Waals surface area contributed by atoms with Gasteiger partial charge in [0, 0.05) is 5.69 Å². The van der Waals surface area contributed by atoms with Crippen LogP contribution in [0.2, 0.25) is 0 Å². The van der Waals surface area contributed by atoms with Gasteiger partial charge in [-0.1, -0.05) is 18.2 Å². The molecule has 0 heterocycles. The van der Waals surface area contributed by atoms with E-state index in [9.17, 15) is 18.7 Å². The third-order valence-corrected chi connectivity index (χ3v) is 2.84. The topological polar surface area (TPSA) is 49.3 Å². The van der Waals surface area contributed by atoms with Gasteiger partial charge in [0.25, 0.3) is 5.91 Å². The highest BCUT2D eigenvalue weighted by atomic mass is 19.1. The van der Waals surface area contributed by atoms with E-state index in [2.05, 4.69) is 5.32 Å². The van der Waals surface area contributed by atoms with E-state index in [-0.39, 0.29) is 0 Å². The van der Waals surface area contributed by atoms with Crippen LogP contribution >= 0.6 is 0 Å². The van der Waals surface area contributed by atoms with E-state index in [1.54, 1.807) is 31.2 Å². The second-order valence-corrected chi connectivity index (χ2v) is 4.35. The maximum Gasteiger partial charge on any atom is 0.261 e. The van der Waals surface area contributed by atoms with Crippen molar-refractivity contribution in [3.05, 3.63) is 65.2 Å². The van der Waals surface area contributed by atoms with Crippen LogP contribution in [0.3, 0.4) is 0 Å². The molecule has 104 valence electrons. The SMILES string of the molecule is CC(O)c1ccc(NC(=O)c2c(F)cccc2F)cc1. The van der Waals surface area contributed by atoms with Gasteiger partial charge >= 0.3 is 0 Å². The molecule has 2 N–H and O–H groups in total. The van der Waals surface area contributed by atoms with Crippen LogP contribution in [-0.4, -0.2) is 11.0 Å². The molecule has 20 heavy (non-hydrogen) atoms. The number of amides is 1. The van der Waals surface area contributed by atoms with Gasteiger partial charge in [-0.15, -0.1) is 0 Å². The van der Waals surface area contributed by atoms with Gasteiger partial charge in [-0.3, -0.25) is 4.79 Å². The summed E-state index contributed by atoms with van der Waals surface area (Å²) < 4.78 is 26.9. The Kier molecular flexibility index (Phi) is 4.10. The van der Waals surface area contributed by atoms with Crippen molar-refractivity contribution >= 4 is 11.6 Å². The Morgan fingerprint density at radius 3 is 2.15 bits per heavy atom. The molecule has 0 radical (unpaired) electrons. The summed E-state index contributed by atoms with van der Waals surface area (Å²) in [6.07, 6.45) is -0.622. The molecule has 0 aliphatic rings. The van der Waals surface area contributed by atoms with Crippen molar-refractivity contribution in [1.29, 1.82) is 0 Å². The molecule has 0 spiro atoms. The highest BCUT2D eigenvalue weighted by Gasteiger charge is 2.17. The van der Waals surface area contributed by atoms with Crippen LogP contribution in [0.15, 0.2) is 42.5 Å². The molecule has 1 amide bonds. The summed E-state index contributed by atoms with van der Waals surface area (Å²) >= 11 is 0. The summed E-state index contributed by atoms with van der Waals surface area (Å²) in [4.78, 5) is 11.8. The first-order chi connectivity index (χ1) is 9.49. The van der Waals surface area contributed by atoms with Crippen LogP contribution < -0.4 is 5.32 Å². The summed E-state index contributed by atoms with van der Waals surface area (Å²) in [5.74, 6) is -2.68. The molecule has 0 aliphatic heterocycles. The fraction of sp³-hybridized carbons (Fsp3) is 0.133. The van der Waals surface area contributed by atoms with Gasteiger partial charge in [0.2, 0.25) is 0 Å². The number of aliphatic hydroxyl groups excluding tert-OH is 1. The lowest BCUT2D eigenvalue weighted by atomic mass is 10.1. The summed E-state index contributed by atoms with van der Waals surface area (Å²) in [5.41, 5.74) is 0.453. The maximum absolute atomic E-state index is 13.4. The Morgan fingerprint density at radius 2 is 1.65 bits per heavy atom. The van der Waals surface area contributed by atoms with Crippen LogP contribution in [-0.2, 0) is 0 Å². The fourth-order valence-corrected chi connectivity index (χ4v) is 1.75. The van der Waals surface area contributed by atoms with Crippen LogP contribution in [0, 0.1) is 11.6 Å². The first-order valence-electron chi connectivity index (χ1n) is 6.02. The third kappa shape index (κ3) is 3.00. The first kappa shape index (κ1) is 14.1. The largest absolute Gasteiger partial charge is 0.389 e. The van der Waals surface area contributed by atoms with E-state index in [0.717, 1.165) is 12.1 Å². The zero-order valence-electron chi connectivity index (χ0n) is 10.7. The molecule has 0 saturated heterocycles. The molecule has 0 bridgehead atoms. The van der Waals surface area contributed by atoms with Gasteiger partial charge in [-0.25, -0.2) is 8.78 Å². The van der Waals surface area contributed by atoms with Crippen molar-refractivity contribution in [1.82, 2.24) is 0 Å². The molecule has 5 heteroatoms. The summed E-state index contributed by atoms with van der Waals surface area (Å²) in [6, 6.07) is 9.59. The standard InChI is InChI=1S/C15H13F2NO2/c1-9(19)10-5-7-11(8-6-10)18-15(20)14-12(16)3-2-4-13(14)17/h2-9,19H,1H3,(H,18,20). The van der Waals surface area contributed by atoms with Crippen molar-refractivity contribution in [2.45, 2.75) is 13.0 Å². The molecule has 0 fully saturated rings. The predicted octanol–water partition coefficient (Wildman–Crippen LogP) is 3.27. The van der Waals surface area contributed by atoms with E-state index in [1.807, 2.05) is 0 Å². The number of carbonyl (C=O) groups excluding carboxylic acids is 1. The molecule has 3 nitrogen and oxygen atoms in total. The van der Waals surface area contributed by atoms with Crippen molar-refractivity contribution in [2.24, 2.45) is 0 Å². The predicted molar refractivity (Wildman–Crippen MR) is 71.4 cm³/mol. The average Bonchev–Trinajstić information content (AvgIpc) is 2.39. The van der Waals surface area contributed by atoms with Gasteiger partial charge in [0.1, 0.15) is 17.2 Å². The van der Waals surface area contributed by atoms with Gasteiger partial charge in [0.15, 0.2) is 0 Å². The third-order valence-electron chi connectivity index (χ3n) is 2.84. The Morgan fingerprint density at radius 1 is 1.10 bits per heavy atom. The minimum absolute atomic E-state index is 0.391. The summed E-state index contributed by atoms with van der Waals surface area (Å²) in [7, 11) is 0. The lowest BCUT2D eigenvalue weighted by Gasteiger charge is -2.09. The summed E-state index contributed by atoms with van der Waals surface area (Å²) in [5, 5.41) is 11.8. The van der Waals surface area contributed by atoms with Crippen LogP contribution in [0.25, 0.3) is 0 Å². The zero-order valence-corrected chi connectivity index (χ0v) is 10.7. The molecule has 2 rings (SSSR count). The van der Waals surface area contributed by atoms with Crippen molar-refractivity contribution in [2.75, 3.05) is 5.32 Å². The second kappa shape index (κ2) is 5.79. The van der Waals surface area contributed by atoms with Crippen LogP contribution in [0.4, 0.5) is 14.5 Å². The van der Waals surface area contributed by atoms with Crippen LogP contribution in [0.1, 0.15) is 28.9 Å². The molecule has 2 aromatic carbocycles. The van der Waals surface area contributed by atoms with Gasteiger partial charge < -0.3 is 10.4 Å². The maximum atomic E-state index is 13.4. The van der Waals surface area contributed by atoms with Gasteiger partial charge in [-0.05, 0) is 36.8 Å². The minimum atomic E-state index is -0.914. The van der Waals surface area contributed by atoms with E-state index in [0.29, 0.717) is 11.3 Å². The molecule has 0 saturated carbocycles. The smallest absolute Gasteiger partial charge is 0.261 e. The Bertz CT molecular complexity index is 604. The highest BCUT2D eigenvalue weighted by Crippen LogP contribution is 2.18. The quantitative estimate of drug-likeness (QED) is 0.904. The number of aliphatic hydroxyl groups is 1. The summed E-state index contributed by atoms with van der Waals surface area (Å²) in [6.45, 7) is 1.61. The fourth-order valence-electron chi connectivity index (χ4n) is 1.75. The van der Waals surface area contributed by atoms with E-state index < -0.39 is 29.2 Å². The van der Waals surface area contributed by atoms with E-state index in [4.69, 9.17) is 0 Å². The van der Waals surface area contributed by atoms with Gasteiger partial charge in [-0.2, -0.15) is 0 Å². The zero-order chi connectivity index (χ0) is 14.7. The Balaban J connectivity index is 2.19. The molecule has 0 aromatic heterocycles. The molecule has 0 aliphatic carbocycles. The number of nitrogens with one attached hydrogen (secondary N) is 1. The molecular weight excluding hydrogens is 264 g/mol. The Hall–Kier alpha value is -2.27. The number of hydrogen-bond acceptors (Lipinski definition) is 2. The second-order valence-electron chi connectivity index (χ2n) is 4.35. The van der Waals surface area contributed by atoms with Crippen molar-refractivity contribution < 1.29 is 18.7 Å². The Labute approximate surface area is 114 Å². The number of benzene rings is 2. The highest BCUT2D eigenvalue weighted by molar-refractivity contribution is 6.04. The molecule has 2 aromatic rings. The normalized spacial score (nSPS) is 12.0. The lowest BCUT2D eigenvalue weighted by Crippen LogP contribution is -2.15.